The van der Waals surface area contributed by atoms with Crippen molar-refractivity contribution in [3.05, 3.63) is 23.8 Å². The molecule has 2 fully saturated rings. The van der Waals surface area contributed by atoms with E-state index in [0.29, 0.717) is 0 Å². The standard InChI is InChI=1S/C20H32N2O2/c1-23-19-11-7-8-17(20(19)24-2)16-21-12-14-22(15-13-21)18-9-5-3-4-6-10-18/h7-8,11,18H,3-6,9-10,12-16H2,1-2H3/p+2. The zero-order valence-corrected chi connectivity index (χ0v) is 15.4. The highest BCUT2D eigenvalue weighted by Crippen LogP contribution is 2.30. The third-order valence-electron chi connectivity index (χ3n) is 5.96. The lowest BCUT2D eigenvalue weighted by molar-refractivity contribution is -1.03. The number of hydrogen-bond acceptors (Lipinski definition) is 2. The largest absolute Gasteiger partial charge is 0.493 e. The third-order valence-corrected chi connectivity index (χ3v) is 5.96. The average molecular weight is 335 g/mol. The van der Waals surface area contributed by atoms with E-state index < -0.39 is 0 Å². The summed E-state index contributed by atoms with van der Waals surface area (Å²) in [6.07, 6.45) is 8.72. The second-order valence-corrected chi connectivity index (χ2v) is 7.43. The van der Waals surface area contributed by atoms with Gasteiger partial charge in [0.1, 0.15) is 32.7 Å². The maximum Gasteiger partial charge on any atom is 0.169 e. The van der Waals surface area contributed by atoms with Crippen LogP contribution in [0.5, 0.6) is 11.5 Å². The summed E-state index contributed by atoms with van der Waals surface area (Å²) in [6.45, 7) is 6.23. The first-order valence-corrected chi connectivity index (χ1v) is 9.70. The van der Waals surface area contributed by atoms with Gasteiger partial charge in [0.25, 0.3) is 0 Å². The third kappa shape index (κ3) is 4.22. The molecule has 1 aliphatic carbocycles. The van der Waals surface area contributed by atoms with Gasteiger partial charge in [-0.25, -0.2) is 0 Å². The number of para-hydroxylation sites is 1. The summed E-state index contributed by atoms with van der Waals surface area (Å²) in [5.41, 5.74) is 1.27. The second-order valence-electron chi connectivity index (χ2n) is 7.43. The van der Waals surface area contributed by atoms with Gasteiger partial charge in [-0.05, 0) is 37.8 Å². The van der Waals surface area contributed by atoms with Gasteiger partial charge in [-0.3, -0.25) is 0 Å². The van der Waals surface area contributed by atoms with Gasteiger partial charge in [0.2, 0.25) is 0 Å². The Labute approximate surface area is 146 Å². The first-order valence-electron chi connectivity index (χ1n) is 9.70. The second kappa shape index (κ2) is 8.72. The molecule has 0 bridgehead atoms. The summed E-state index contributed by atoms with van der Waals surface area (Å²) in [7, 11) is 3.45. The maximum atomic E-state index is 5.60. The zero-order valence-electron chi connectivity index (χ0n) is 15.4. The normalized spacial score (nSPS) is 25.9. The highest BCUT2D eigenvalue weighted by molar-refractivity contribution is 5.46. The van der Waals surface area contributed by atoms with E-state index in [-0.39, 0.29) is 0 Å². The minimum Gasteiger partial charge on any atom is -0.493 e. The summed E-state index contributed by atoms with van der Waals surface area (Å²) in [6, 6.07) is 7.16. The molecule has 2 N–H and O–H groups in total. The molecule has 2 aliphatic rings. The number of methoxy groups -OCH3 is 2. The van der Waals surface area contributed by atoms with Crippen LogP contribution in [0.2, 0.25) is 0 Å². The number of quaternary nitrogens is 2. The van der Waals surface area contributed by atoms with Crippen LogP contribution in [0.4, 0.5) is 0 Å². The fraction of sp³-hybridized carbons (Fsp3) is 0.700. The topological polar surface area (TPSA) is 27.3 Å². The molecular weight excluding hydrogens is 300 g/mol. The van der Waals surface area contributed by atoms with E-state index >= 15 is 0 Å². The van der Waals surface area contributed by atoms with E-state index in [1.54, 1.807) is 19.1 Å². The van der Waals surface area contributed by atoms with Gasteiger partial charge in [0, 0.05) is 0 Å². The van der Waals surface area contributed by atoms with Gasteiger partial charge in [0.15, 0.2) is 11.5 Å². The summed E-state index contributed by atoms with van der Waals surface area (Å²) >= 11 is 0. The molecule has 0 amide bonds. The number of benzene rings is 1. The van der Waals surface area contributed by atoms with Crippen LogP contribution in [0.25, 0.3) is 0 Å². The van der Waals surface area contributed by atoms with Crippen molar-refractivity contribution in [1.29, 1.82) is 0 Å². The molecule has 1 aromatic carbocycles. The molecule has 1 saturated carbocycles. The Balaban J connectivity index is 1.55. The molecule has 1 saturated heterocycles. The molecule has 0 atom stereocenters. The Morgan fingerprint density at radius 2 is 1.62 bits per heavy atom. The van der Waals surface area contributed by atoms with Crippen molar-refractivity contribution < 1.29 is 19.3 Å². The van der Waals surface area contributed by atoms with E-state index in [2.05, 4.69) is 12.1 Å². The Morgan fingerprint density at radius 1 is 0.917 bits per heavy atom. The molecule has 1 heterocycles. The highest BCUT2D eigenvalue weighted by atomic mass is 16.5. The van der Waals surface area contributed by atoms with Crippen LogP contribution in [-0.4, -0.2) is 46.4 Å². The molecule has 0 unspecified atom stereocenters. The number of rotatable bonds is 5. The van der Waals surface area contributed by atoms with Crippen molar-refractivity contribution in [2.45, 2.75) is 51.1 Å². The molecule has 1 aliphatic heterocycles. The number of hydrogen-bond donors (Lipinski definition) is 2. The van der Waals surface area contributed by atoms with Crippen LogP contribution in [0.3, 0.4) is 0 Å². The molecule has 134 valence electrons. The number of ether oxygens (including phenoxy) is 2. The molecule has 3 rings (SSSR count). The molecule has 1 aromatic rings. The lowest BCUT2D eigenvalue weighted by Crippen LogP contribution is -3.29. The van der Waals surface area contributed by atoms with E-state index in [1.807, 2.05) is 11.0 Å². The summed E-state index contributed by atoms with van der Waals surface area (Å²) in [5, 5.41) is 0. The first-order chi connectivity index (χ1) is 11.8. The van der Waals surface area contributed by atoms with Crippen molar-refractivity contribution in [1.82, 2.24) is 0 Å². The zero-order chi connectivity index (χ0) is 16.8. The van der Waals surface area contributed by atoms with E-state index in [0.717, 1.165) is 24.1 Å². The van der Waals surface area contributed by atoms with Gasteiger partial charge >= 0.3 is 0 Å². The summed E-state index contributed by atoms with van der Waals surface area (Å²) in [4.78, 5) is 3.55. The van der Waals surface area contributed by atoms with Crippen LogP contribution in [0.1, 0.15) is 44.1 Å². The number of nitrogens with one attached hydrogen (secondary N) is 2. The Morgan fingerprint density at radius 3 is 2.25 bits per heavy atom. The van der Waals surface area contributed by atoms with Crippen molar-refractivity contribution in [3.8, 4) is 11.5 Å². The van der Waals surface area contributed by atoms with Gasteiger partial charge in [-0.1, -0.05) is 18.9 Å². The summed E-state index contributed by atoms with van der Waals surface area (Å²) < 4.78 is 11.0. The van der Waals surface area contributed by atoms with E-state index in [4.69, 9.17) is 9.47 Å². The molecule has 0 spiro atoms. The molecular formula is C20H34N2O2+2. The summed E-state index contributed by atoms with van der Waals surface area (Å²) in [5.74, 6) is 1.75. The fourth-order valence-electron chi connectivity index (χ4n) is 4.56. The van der Waals surface area contributed by atoms with E-state index in [1.165, 1.54) is 70.3 Å². The van der Waals surface area contributed by atoms with Gasteiger partial charge in [0.05, 0.1) is 25.8 Å². The fourth-order valence-corrected chi connectivity index (χ4v) is 4.56. The monoisotopic (exact) mass is 334 g/mol. The Hall–Kier alpha value is -1.26. The SMILES string of the molecule is COc1cccc(C[NH+]2CC[NH+](C3CCCCCC3)CC2)c1OC. The predicted molar refractivity (Wildman–Crippen MR) is 96.1 cm³/mol. The van der Waals surface area contributed by atoms with Gasteiger partial charge < -0.3 is 19.3 Å². The Kier molecular flexibility index (Phi) is 6.38. The van der Waals surface area contributed by atoms with Crippen LogP contribution in [0.15, 0.2) is 18.2 Å². The van der Waals surface area contributed by atoms with Crippen LogP contribution in [0, 0.1) is 0 Å². The molecule has 0 radical (unpaired) electrons. The predicted octanol–water partition coefficient (Wildman–Crippen LogP) is 0.710. The maximum absolute atomic E-state index is 5.60. The minimum absolute atomic E-state index is 0.845. The lowest BCUT2D eigenvalue weighted by Gasteiger charge is -2.34. The van der Waals surface area contributed by atoms with E-state index in [9.17, 15) is 0 Å². The lowest BCUT2D eigenvalue weighted by atomic mass is 10.1. The average Bonchev–Trinajstić information content (AvgIpc) is 2.91. The van der Waals surface area contributed by atoms with Crippen LogP contribution in [-0.2, 0) is 6.54 Å². The van der Waals surface area contributed by atoms with Gasteiger partial charge in [-0.15, -0.1) is 0 Å². The van der Waals surface area contributed by atoms with Crippen molar-refractivity contribution in [2.24, 2.45) is 0 Å². The van der Waals surface area contributed by atoms with Crippen molar-refractivity contribution in [2.75, 3.05) is 40.4 Å². The van der Waals surface area contributed by atoms with Crippen molar-refractivity contribution in [3.63, 3.8) is 0 Å². The molecule has 4 nitrogen and oxygen atoms in total. The first kappa shape index (κ1) is 17.6. The molecule has 24 heavy (non-hydrogen) atoms. The van der Waals surface area contributed by atoms with Gasteiger partial charge in [-0.2, -0.15) is 0 Å². The molecule has 4 heteroatoms. The minimum atomic E-state index is 0.845. The highest BCUT2D eigenvalue weighted by Gasteiger charge is 2.30. The molecule has 0 aromatic heterocycles. The van der Waals surface area contributed by atoms with Crippen molar-refractivity contribution >= 4 is 0 Å². The smallest absolute Gasteiger partial charge is 0.169 e. The Bertz CT molecular complexity index is 504. The van der Waals surface area contributed by atoms with Crippen LogP contribution >= 0.6 is 0 Å². The van der Waals surface area contributed by atoms with Crippen LogP contribution < -0.4 is 19.3 Å². The quantitative estimate of drug-likeness (QED) is 0.776. The number of piperazine rings is 1.